The third-order valence-electron chi connectivity index (χ3n) is 2.94. The van der Waals surface area contributed by atoms with Gasteiger partial charge in [0.15, 0.2) is 0 Å². The first-order chi connectivity index (χ1) is 9.36. The molecule has 0 spiro atoms. The van der Waals surface area contributed by atoms with Gasteiger partial charge in [0.1, 0.15) is 4.88 Å². The van der Waals surface area contributed by atoms with Crippen LogP contribution in [0.3, 0.4) is 0 Å². The summed E-state index contributed by atoms with van der Waals surface area (Å²) in [5.74, 6) is -1.11. The quantitative estimate of drug-likeness (QED) is 0.685. The molecule has 20 heavy (non-hydrogen) atoms. The normalized spacial score (nSPS) is 13.3. The highest BCUT2D eigenvalue weighted by atomic mass is 32.2. The summed E-state index contributed by atoms with van der Waals surface area (Å²) in [7, 11) is -3.62. The maximum atomic E-state index is 12.1. The maximum absolute atomic E-state index is 12.1. The number of carboxylic acids is 1. The fourth-order valence-corrected chi connectivity index (χ4v) is 4.23. The number of nitrogens with one attached hydrogen (secondary N) is 1. The van der Waals surface area contributed by atoms with Crippen LogP contribution in [0.2, 0.25) is 0 Å². The smallest absolute Gasteiger partial charge is 0.345 e. The minimum atomic E-state index is -3.62. The number of unbranched alkanes of at least 4 members (excludes halogenated alkanes) is 3. The van der Waals surface area contributed by atoms with E-state index in [1.807, 2.05) is 6.92 Å². The van der Waals surface area contributed by atoms with Crippen molar-refractivity contribution in [2.45, 2.75) is 56.9 Å². The van der Waals surface area contributed by atoms with Gasteiger partial charge in [-0.1, -0.05) is 32.6 Å². The first-order valence-electron chi connectivity index (χ1n) is 6.71. The van der Waals surface area contributed by atoms with Crippen molar-refractivity contribution in [3.63, 3.8) is 0 Å². The Morgan fingerprint density at radius 3 is 2.65 bits per heavy atom. The zero-order chi connectivity index (χ0) is 15.2. The summed E-state index contributed by atoms with van der Waals surface area (Å²) in [6, 6.07) is 1.05. The highest BCUT2D eigenvalue weighted by Crippen LogP contribution is 2.20. The lowest BCUT2D eigenvalue weighted by atomic mass is 10.1. The summed E-state index contributed by atoms with van der Waals surface area (Å²) in [5, 5.41) is 10.2. The number of aromatic carboxylic acids is 1. The van der Waals surface area contributed by atoms with Crippen molar-refractivity contribution < 1.29 is 18.3 Å². The SMILES string of the molecule is CCCCCCC(C)NS(=O)(=O)c1csc(C(=O)O)c1. The van der Waals surface area contributed by atoms with Gasteiger partial charge in [0, 0.05) is 11.4 Å². The Labute approximate surface area is 124 Å². The summed E-state index contributed by atoms with van der Waals surface area (Å²) in [5.41, 5.74) is 0. The molecule has 0 aliphatic carbocycles. The van der Waals surface area contributed by atoms with Gasteiger partial charge >= 0.3 is 5.97 Å². The third-order valence-corrected chi connectivity index (χ3v) is 5.58. The average Bonchev–Trinajstić information content (AvgIpc) is 2.84. The van der Waals surface area contributed by atoms with Gasteiger partial charge in [-0.3, -0.25) is 0 Å². The molecule has 5 nitrogen and oxygen atoms in total. The number of thiophene rings is 1. The molecule has 0 aliphatic heterocycles. The molecule has 0 radical (unpaired) electrons. The second-order valence-electron chi connectivity index (χ2n) is 4.82. The van der Waals surface area contributed by atoms with Gasteiger partial charge in [0.2, 0.25) is 10.0 Å². The molecule has 0 amide bonds. The van der Waals surface area contributed by atoms with E-state index < -0.39 is 16.0 Å². The van der Waals surface area contributed by atoms with E-state index in [-0.39, 0.29) is 15.8 Å². The number of hydrogen-bond donors (Lipinski definition) is 2. The van der Waals surface area contributed by atoms with Crippen LogP contribution in [0.5, 0.6) is 0 Å². The maximum Gasteiger partial charge on any atom is 0.345 e. The Hall–Kier alpha value is -0.920. The van der Waals surface area contributed by atoms with Gasteiger partial charge in [0.25, 0.3) is 0 Å². The number of carbonyl (C=O) groups is 1. The lowest BCUT2D eigenvalue weighted by Gasteiger charge is -2.13. The predicted octanol–water partition coefficient (Wildman–Crippen LogP) is 3.08. The summed E-state index contributed by atoms with van der Waals surface area (Å²) >= 11 is 0.917. The molecule has 0 saturated heterocycles. The minimum Gasteiger partial charge on any atom is -0.477 e. The van der Waals surface area contributed by atoms with Gasteiger partial charge < -0.3 is 5.11 Å². The van der Waals surface area contributed by atoms with Crippen LogP contribution in [0, 0.1) is 0 Å². The lowest BCUT2D eigenvalue weighted by molar-refractivity contribution is 0.0702. The highest BCUT2D eigenvalue weighted by Gasteiger charge is 2.20. The number of hydrogen-bond acceptors (Lipinski definition) is 4. The van der Waals surface area contributed by atoms with Crippen molar-refractivity contribution in [1.29, 1.82) is 0 Å². The first-order valence-corrected chi connectivity index (χ1v) is 9.07. The van der Waals surface area contributed by atoms with E-state index in [0.717, 1.165) is 43.4 Å². The Morgan fingerprint density at radius 2 is 2.10 bits per heavy atom. The topological polar surface area (TPSA) is 83.5 Å². The van der Waals surface area contributed by atoms with Crippen LogP contribution < -0.4 is 4.72 Å². The second-order valence-corrected chi connectivity index (χ2v) is 7.45. The van der Waals surface area contributed by atoms with Crippen molar-refractivity contribution in [3.05, 3.63) is 16.3 Å². The molecule has 0 saturated carbocycles. The van der Waals surface area contributed by atoms with Crippen LogP contribution in [-0.2, 0) is 10.0 Å². The fraction of sp³-hybridized carbons (Fsp3) is 0.615. The predicted molar refractivity (Wildman–Crippen MR) is 79.8 cm³/mol. The minimum absolute atomic E-state index is 0.0281. The van der Waals surface area contributed by atoms with Crippen LogP contribution in [0.15, 0.2) is 16.3 Å². The molecule has 2 N–H and O–H groups in total. The van der Waals surface area contributed by atoms with Gasteiger partial charge in [-0.15, -0.1) is 11.3 Å². The van der Waals surface area contributed by atoms with Crippen molar-refractivity contribution >= 4 is 27.3 Å². The molecular formula is C13H21NO4S2. The third kappa shape index (κ3) is 5.22. The molecule has 1 aromatic rings. The number of carboxylic acid groups (broad SMARTS) is 1. The van der Waals surface area contributed by atoms with E-state index in [1.165, 1.54) is 11.4 Å². The largest absolute Gasteiger partial charge is 0.477 e. The van der Waals surface area contributed by atoms with Crippen LogP contribution in [0.1, 0.15) is 55.6 Å². The van der Waals surface area contributed by atoms with Gasteiger partial charge in [-0.2, -0.15) is 0 Å². The van der Waals surface area contributed by atoms with Crippen LogP contribution in [0.4, 0.5) is 0 Å². The van der Waals surface area contributed by atoms with Crippen molar-refractivity contribution in [1.82, 2.24) is 4.72 Å². The Balaban J connectivity index is 2.57. The molecule has 0 bridgehead atoms. The van der Waals surface area contributed by atoms with Crippen molar-refractivity contribution in [2.75, 3.05) is 0 Å². The zero-order valence-electron chi connectivity index (χ0n) is 11.8. The van der Waals surface area contributed by atoms with Crippen LogP contribution >= 0.6 is 11.3 Å². The molecule has 1 atom stereocenters. The van der Waals surface area contributed by atoms with Crippen LogP contribution in [0.25, 0.3) is 0 Å². The summed E-state index contributed by atoms with van der Waals surface area (Å²) < 4.78 is 26.7. The van der Waals surface area contributed by atoms with E-state index in [2.05, 4.69) is 11.6 Å². The molecule has 1 aromatic heterocycles. The standard InChI is InChI=1S/C13H21NO4S2/c1-3-4-5-6-7-10(2)14-20(17,18)11-8-12(13(15)16)19-9-11/h8-10,14H,3-7H2,1-2H3,(H,15,16). The Morgan fingerprint density at radius 1 is 1.40 bits per heavy atom. The zero-order valence-corrected chi connectivity index (χ0v) is 13.4. The van der Waals surface area contributed by atoms with Crippen molar-refractivity contribution in [2.24, 2.45) is 0 Å². The molecule has 0 aromatic carbocycles. The molecule has 1 rings (SSSR count). The number of rotatable bonds is 9. The number of sulfonamides is 1. The monoisotopic (exact) mass is 319 g/mol. The highest BCUT2D eigenvalue weighted by molar-refractivity contribution is 7.89. The molecular weight excluding hydrogens is 298 g/mol. The molecule has 114 valence electrons. The molecule has 0 fully saturated rings. The molecule has 1 heterocycles. The molecule has 7 heteroatoms. The van der Waals surface area contributed by atoms with Crippen LogP contribution in [-0.4, -0.2) is 25.5 Å². The summed E-state index contributed by atoms with van der Waals surface area (Å²) in [6.45, 7) is 3.96. The second kappa shape index (κ2) is 7.75. The van der Waals surface area contributed by atoms with Crippen molar-refractivity contribution in [3.8, 4) is 0 Å². The summed E-state index contributed by atoms with van der Waals surface area (Å²) in [6.07, 6.45) is 5.18. The van der Waals surface area contributed by atoms with E-state index in [1.54, 1.807) is 0 Å². The first kappa shape index (κ1) is 17.1. The van der Waals surface area contributed by atoms with E-state index in [4.69, 9.17) is 5.11 Å². The van der Waals surface area contributed by atoms with Gasteiger partial charge in [0.05, 0.1) is 4.90 Å². The Bertz CT molecular complexity index is 536. The Kier molecular flexibility index (Phi) is 6.64. The van der Waals surface area contributed by atoms with Gasteiger partial charge in [-0.05, 0) is 19.4 Å². The van der Waals surface area contributed by atoms with E-state index in [9.17, 15) is 13.2 Å². The molecule has 0 aliphatic rings. The average molecular weight is 319 g/mol. The van der Waals surface area contributed by atoms with Gasteiger partial charge in [-0.25, -0.2) is 17.9 Å². The molecule has 1 unspecified atom stereocenters. The lowest BCUT2D eigenvalue weighted by Crippen LogP contribution is -2.32. The fourth-order valence-electron chi connectivity index (χ4n) is 1.84. The summed E-state index contributed by atoms with van der Waals surface area (Å²) in [4.78, 5) is 10.8. The van der Waals surface area contributed by atoms with E-state index >= 15 is 0 Å². The van der Waals surface area contributed by atoms with E-state index in [0.29, 0.717) is 0 Å².